The molecule has 4 N–H and O–H groups in total. The van der Waals surface area contributed by atoms with E-state index in [4.69, 9.17) is 10.4 Å². The summed E-state index contributed by atoms with van der Waals surface area (Å²) in [7, 11) is 0. The standard InChI is InChI=1S/C18H15N3O4/c19-9-14(17(23)21-15-3-1-2-4-16(15)22)11-20-10-12-5-7-13(8-6-12)18(24)25/h1-8,11,20,22H,10H2,(H,21,23)(H,24,25)/b14-11-. The van der Waals surface area contributed by atoms with Crippen molar-refractivity contribution in [2.45, 2.75) is 6.54 Å². The summed E-state index contributed by atoms with van der Waals surface area (Å²) in [5.74, 6) is -1.76. The first-order valence-electron chi connectivity index (χ1n) is 7.26. The zero-order chi connectivity index (χ0) is 18.2. The van der Waals surface area contributed by atoms with Gasteiger partial charge in [0.1, 0.15) is 17.4 Å². The predicted molar refractivity (Wildman–Crippen MR) is 90.7 cm³/mol. The number of hydrogen-bond acceptors (Lipinski definition) is 5. The Morgan fingerprint density at radius 1 is 1.12 bits per heavy atom. The van der Waals surface area contributed by atoms with E-state index in [1.54, 1.807) is 30.3 Å². The van der Waals surface area contributed by atoms with Crippen LogP contribution in [0.2, 0.25) is 0 Å². The van der Waals surface area contributed by atoms with Gasteiger partial charge < -0.3 is 20.8 Å². The van der Waals surface area contributed by atoms with Crippen LogP contribution in [0.15, 0.2) is 60.3 Å². The molecule has 0 spiro atoms. The number of carbonyl (C=O) groups excluding carboxylic acids is 1. The van der Waals surface area contributed by atoms with Gasteiger partial charge >= 0.3 is 5.97 Å². The van der Waals surface area contributed by atoms with Crippen LogP contribution in [-0.2, 0) is 11.3 Å². The number of carboxylic acids is 1. The summed E-state index contributed by atoms with van der Waals surface area (Å²) in [5.41, 5.74) is 1.02. The van der Waals surface area contributed by atoms with Crippen LogP contribution in [-0.4, -0.2) is 22.1 Å². The number of aromatic carboxylic acids is 1. The van der Waals surface area contributed by atoms with Crippen LogP contribution in [0.1, 0.15) is 15.9 Å². The molecule has 0 bridgehead atoms. The molecule has 0 unspecified atom stereocenters. The van der Waals surface area contributed by atoms with E-state index in [0.29, 0.717) is 6.54 Å². The molecule has 0 fully saturated rings. The highest BCUT2D eigenvalue weighted by Crippen LogP contribution is 2.21. The molecule has 7 nitrogen and oxygen atoms in total. The highest BCUT2D eigenvalue weighted by atomic mass is 16.4. The molecule has 1 amide bonds. The van der Waals surface area contributed by atoms with E-state index in [0.717, 1.165) is 5.56 Å². The third-order valence-corrected chi connectivity index (χ3v) is 3.27. The van der Waals surface area contributed by atoms with Gasteiger partial charge in [-0.25, -0.2) is 4.79 Å². The lowest BCUT2D eigenvalue weighted by Gasteiger charge is -2.07. The van der Waals surface area contributed by atoms with Crippen molar-refractivity contribution in [3.8, 4) is 11.8 Å². The highest BCUT2D eigenvalue weighted by Gasteiger charge is 2.11. The number of carboxylic acid groups (broad SMARTS) is 1. The second-order valence-electron chi connectivity index (χ2n) is 5.02. The predicted octanol–water partition coefficient (Wildman–Crippen LogP) is 2.23. The molecule has 0 saturated heterocycles. The number of phenols is 1. The molecule has 2 aromatic rings. The van der Waals surface area contributed by atoms with Crippen molar-refractivity contribution >= 4 is 17.6 Å². The molecular weight excluding hydrogens is 322 g/mol. The molecule has 2 aromatic carbocycles. The van der Waals surface area contributed by atoms with Crippen molar-refractivity contribution in [3.63, 3.8) is 0 Å². The number of para-hydroxylation sites is 2. The van der Waals surface area contributed by atoms with Crippen molar-refractivity contribution in [1.82, 2.24) is 5.32 Å². The van der Waals surface area contributed by atoms with Gasteiger partial charge in [-0.05, 0) is 29.8 Å². The van der Waals surface area contributed by atoms with Crippen LogP contribution in [0.4, 0.5) is 5.69 Å². The summed E-state index contributed by atoms with van der Waals surface area (Å²) in [6.45, 7) is 0.314. The fourth-order valence-electron chi connectivity index (χ4n) is 1.95. The van der Waals surface area contributed by atoms with E-state index < -0.39 is 11.9 Å². The fraction of sp³-hybridized carbons (Fsp3) is 0.0556. The molecule has 0 aliphatic rings. The quantitative estimate of drug-likeness (QED) is 0.364. The molecule has 7 heteroatoms. The molecule has 0 aliphatic heterocycles. The number of aromatic hydroxyl groups is 1. The molecule has 0 atom stereocenters. The first kappa shape index (κ1) is 17.6. The minimum absolute atomic E-state index is 0.0976. The van der Waals surface area contributed by atoms with Gasteiger partial charge in [-0.15, -0.1) is 0 Å². The van der Waals surface area contributed by atoms with Gasteiger partial charge in [0.15, 0.2) is 0 Å². The van der Waals surface area contributed by atoms with Crippen LogP contribution in [0.5, 0.6) is 5.75 Å². The Labute approximate surface area is 143 Å². The molecule has 0 radical (unpaired) electrons. The number of nitriles is 1. The summed E-state index contributed by atoms with van der Waals surface area (Å²) in [6, 6.07) is 14.2. The molecule has 25 heavy (non-hydrogen) atoms. The van der Waals surface area contributed by atoms with Crippen LogP contribution in [0, 0.1) is 11.3 Å². The van der Waals surface area contributed by atoms with E-state index in [2.05, 4.69) is 10.6 Å². The third-order valence-electron chi connectivity index (χ3n) is 3.27. The average molecular weight is 337 g/mol. The topological polar surface area (TPSA) is 122 Å². The van der Waals surface area contributed by atoms with Crippen molar-refractivity contribution in [3.05, 3.63) is 71.4 Å². The highest BCUT2D eigenvalue weighted by molar-refractivity contribution is 6.07. The molecule has 0 aromatic heterocycles. The van der Waals surface area contributed by atoms with Gasteiger partial charge in [-0.1, -0.05) is 24.3 Å². The largest absolute Gasteiger partial charge is 0.506 e. The monoisotopic (exact) mass is 337 g/mol. The van der Waals surface area contributed by atoms with Gasteiger partial charge in [0.05, 0.1) is 11.3 Å². The molecular formula is C18H15N3O4. The second-order valence-corrected chi connectivity index (χ2v) is 5.02. The maximum atomic E-state index is 12.0. The van der Waals surface area contributed by atoms with E-state index in [-0.39, 0.29) is 22.6 Å². The number of amides is 1. The maximum Gasteiger partial charge on any atom is 0.335 e. The van der Waals surface area contributed by atoms with Crippen molar-refractivity contribution < 1.29 is 19.8 Å². The third kappa shape index (κ3) is 4.84. The first-order valence-corrected chi connectivity index (χ1v) is 7.26. The van der Waals surface area contributed by atoms with Gasteiger partial charge in [0.25, 0.3) is 5.91 Å². The number of phenolic OH excluding ortho intramolecular Hbond substituents is 1. The number of benzene rings is 2. The molecule has 2 rings (SSSR count). The summed E-state index contributed by atoms with van der Waals surface area (Å²) in [6.07, 6.45) is 1.26. The van der Waals surface area contributed by atoms with Crippen LogP contribution in [0.3, 0.4) is 0 Å². The van der Waals surface area contributed by atoms with Crippen molar-refractivity contribution in [2.24, 2.45) is 0 Å². The lowest BCUT2D eigenvalue weighted by molar-refractivity contribution is -0.112. The summed E-state index contributed by atoms with van der Waals surface area (Å²) in [5, 5.41) is 32.8. The lowest BCUT2D eigenvalue weighted by atomic mass is 10.1. The fourth-order valence-corrected chi connectivity index (χ4v) is 1.95. The Morgan fingerprint density at radius 2 is 1.80 bits per heavy atom. The van der Waals surface area contributed by atoms with Crippen molar-refractivity contribution in [2.75, 3.05) is 5.32 Å². The smallest absolute Gasteiger partial charge is 0.335 e. The van der Waals surface area contributed by atoms with E-state index in [1.807, 2.05) is 0 Å². The number of nitrogens with zero attached hydrogens (tertiary/aromatic N) is 1. The zero-order valence-corrected chi connectivity index (χ0v) is 13.1. The SMILES string of the molecule is N#C/C(=C/NCc1ccc(C(=O)O)cc1)C(=O)Nc1ccccc1O. The van der Waals surface area contributed by atoms with E-state index in [1.165, 1.54) is 30.5 Å². The summed E-state index contributed by atoms with van der Waals surface area (Å²) >= 11 is 0. The Balaban J connectivity index is 1.98. The van der Waals surface area contributed by atoms with Gasteiger partial charge in [-0.2, -0.15) is 5.26 Å². The number of carbonyl (C=O) groups is 2. The zero-order valence-electron chi connectivity index (χ0n) is 13.1. The Morgan fingerprint density at radius 3 is 2.40 bits per heavy atom. The van der Waals surface area contributed by atoms with Crippen molar-refractivity contribution in [1.29, 1.82) is 5.26 Å². The minimum atomic E-state index is -1.01. The number of anilines is 1. The number of hydrogen-bond donors (Lipinski definition) is 4. The van der Waals surface area contributed by atoms with Gasteiger partial charge in [0, 0.05) is 12.7 Å². The summed E-state index contributed by atoms with van der Waals surface area (Å²) < 4.78 is 0. The Kier molecular flexibility index (Phi) is 5.74. The Bertz CT molecular complexity index is 851. The maximum absolute atomic E-state index is 12.0. The number of nitrogens with one attached hydrogen (secondary N) is 2. The first-order chi connectivity index (χ1) is 12.0. The average Bonchev–Trinajstić information content (AvgIpc) is 2.61. The van der Waals surface area contributed by atoms with Crippen LogP contribution < -0.4 is 10.6 Å². The summed E-state index contributed by atoms with van der Waals surface area (Å²) in [4.78, 5) is 22.8. The van der Waals surface area contributed by atoms with Crippen LogP contribution in [0.25, 0.3) is 0 Å². The normalized spacial score (nSPS) is 10.6. The van der Waals surface area contributed by atoms with Gasteiger partial charge in [0.2, 0.25) is 0 Å². The lowest BCUT2D eigenvalue weighted by Crippen LogP contribution is -2.16. The van der Waals surface area contributed by atoms with Gasteiger partial charge in [-0.3, -0.25) is 4.79 Å². The molecule has 0 heterocycles. The molecule has 0 saturated carbocycles. The second kappa shape index (κ2) is 8.17. The molecule has 126 valence electrons. The van der Waals surface area contributed by atoms with Crippen LogP contribution >= 0.6 is 0 Å². The molecule has 0 aliphatic carbocycles. The van der Waals surface area contributed by atoms with E-state index in [9.17, 15) is 14.7 Å². The minimum Gasteiger partial charge on any atom is -0.506 e. The van der Waals surface area contributed by atoms with E-state index >= 15 is 0 Å². The number of rotatable bonds is 6. The Hall–Kier alpha value is -3.79.